The fraction of sp³-hybridized carbons (Fsp3) is 0.741. The van der Waals surface area contributed by atoms with Crippen molar-refractivity contribution in [1.29, 1.82) is 0 Å². The lowest BCUT2D eigenvalue weighted by Gasteiger charge is -2.25. The molecule has 1 N–H and O–H groups in total. The molecule has 4 atom stereocenters. The van der Waals surface area contributed by atoms with Crippen molar-refractivity contribution in [3.63, 3.8) is 0 Å². The van der Waals surface area contributed by atoms with Crippen molar-refractivity contribution in [3.8, 4) is 0 Å². The molecule has 1 aromatic heterocycles. The third-order valence-corrected chi connectivity index (χ3v) is 6.31. The molecule has 0 aromatic carbocycles. The van der Waals surface area contributed by atoms with E-state index in [0.29, 0.717) is 19.3 Å². The normalized spacial score (nSPS) is 20.7. The van der Waals surface area contributed by atoms with Crippen molar-refractivity contribution >= 4 is 17.9 Å². The van der Waals surface area contributed by atoms with Gasteiger partial charge in [0.15, 0.2) is 18.4 Å². The quantitative estimate of drug-likeness (QED) is 0.179. The molecule has 2 rings (SSSR count). The summed E-state index contributed by atoms with van der Waals surface area (Å²) in [7, 11) is 0. The van der Waals surface area contributed by atoms with E-state index in [-0.39, 0.29) is 25.9 Å². The fourth-order valence-electron chi connectivity index (χ4n) is 4.19. The third-order valence-electron chi connectivity index (χ3n) is 6.31. The van der Waals surface area contributed by atoms with Crippen LogP contribution < -0.4 is 11.2 Å². The minimum absolute atomic E-state index is 0.145. The standard InChI is InChI=1S/C27H42N2O9/c1-4-7-10-13-21(31)35-18-19-24(37-22(32)14-11-8-5-2)25(38-23(33)15-12-9-6-3)26(36-19)29-17-16-20(30)28-27(29)34/h16-17,19,24-26H,4-15,18H2,1-3H3,(H,28,30,34)/t19-,24-,25-,26-/m1/s1. The number of nitrogens with zero attached hydrogens (tertiary/aromatic N) is 1. The lowest BCUT2D eigenvalue weighted by atomic mass is 10.1. The van der Waals surface area contributed by atoms with Gasteiger partial charge in [0.1, 0.15) is 12.7 Å². The van der Waals surface area contributed by atoms with Crippen LogP contribution in [0, 0.1) is 0 Å². The van der Waals surface area contributed by atoms with Crippen molar-refractivity contribution in [1.82, 2.24) is 9.55 Å². The van der Waals surface area contributed by atoms with Crippen molar-refractivity contribution in [2.75, 3.05) is 6.61 Å². The van der Waals surface area contributed by atoms with E-state index in [9.17, 15) is 24.0 Å². The summed E-state index contributed by atoms with van der Waals surface area (Å²) >= 11 is 0. The fourth-order valence-corrected chi connectivity index (χ4v) is 4.19. The maximum atomic E-state index is 12.7. The van der Waals surface area contributed by atoms with E-state index < -0.39 is 53.7 Å². The molecule has 1 aliphatic rings. The summed E-state index contributed by atoms with van der Waals surface area (Å²) in [5.74, 6) is -1.46. The molecule has 38 heavy (non-hydrogen) atoms. The lowest BCUT2D eigenvalue weighted by Crippen LogP contribution is -2.43. The topological polar surface area (TPSA) is 143 Å². The average Bonchev–Trinajstić information content (AvgIpc) is 3.19. The van der Waals surface area contributed by atoms with Crippen LogP contribution in [0.2, 0.25) is 0 Å². The first-order valence-electron chi connectivity index (χ1n) is 13.8. The first-order valence-corrected chi connectivity index (χ1v) is 13.8. The number of carbonyl (C=O) groups is 3. The van der Waals surface area contributed by atoms with Gasteiger partial charge in [0.25, 0.3) is 5.56 Å². The van der Waals surface area contributed by atoms with Crippen LogP contribution in [-0.2, 0) is 33.3 Å². The van der Waals surface area contributed by atoms with Gasteiger partial charge in [-0.25, -0.2) is 4.79 Å². The summed E-state index contributed by atoms with van der Waals surface area (Å²) in [6.45, 7) is 5.80. The Kier molecular flexibility index (Phi) is 13.8. The van der Waals surface area contributed by atoms with Crippen LogP contribution in [0.3, 0.4) is 0 Å². The van der Waals surface area contributed by atoms with Gasteiger partial charge in [-0.2, -0.15) is 0 Å². The highest BCUT2D eigenvalue weighted by Crippen LogP contribution is 2.34. The molecular weight excluding hydrogens is 496 g/mol. The molecule has 1 saturated heterocycles. The zero-order chi connectivity index (χ0) is 27.9. The van der Waals surface area contributed by atoms with Crippen LogP contribution in [0.5, 0.6) is 0 Å². The zero-order valence-electron chi connectivity index (χ0n) is 22.8. The molecule has 11 heteroatoms. The summed E-state index contributed by atoms with van der Waals surface area (Å²) in [5.41, 5.74) is -1.38. The SMILES string of the molecule is CCCCCC(=O)OC[C@H]1O[C@@H](n2ccc(=O)[nH]c2=O)[C@H](OC(=O)CCCCC)[C@@H]1OC(=O)CCCCC. The van der Waals surface area contributed by atoms with Gasteiger partial charge < -0.3 is 18.9 Å². The van der Waals surface area contributed by atoms with E-state index in [4.69, 9.17) is 18.9 Å². The second-order valence-corrected chi connectivity index (χ2v) is 9.55. The Bertz CT molecular complexity index is 1000. The molecule has 2 heterocycles. The van der Waals surface area contributed by atoms with Crippen LogP contribution >= 0.6 is 0 Å². The number of carbonyl (C=O) groups excluding carboxylic acids is 3. The van der Waals surface area contributed by atoms with Gasteiger partial charge in [0.2, 0.25) is 0 Å². The van der Waals surface area contributed by atoms with Crippen LogP contribution in [0.25, 0.3) is 0 Å². The number of aromatic nitrogens is 2. The Labute approximate surface area is 223 Å². The molecule has 0 bridgehead atoms. The van der Waals surface area contributed by atoms with Crippen molar-refractivity contribution < 1.29 is 33.3 Å². The molecule has 0 radical (unpaired) electrons. The third kappa shape index (κ3) is 10.1. The van der Waals surface area contributed by atoms with E-state index in [1.165, 1.54) is 6.20 Å². The molecule has 1 aromatic rings. The number of unbranched alkanes of at least 4 members (excludes halogenated alkanes) is 6. The molecule has 214 valence electrons. The van der Waals surface area contributed by atoms with Gasteiger partial charge in [-0.1, -0.05) is 59.3 Å². The Morgan fingerprint density at radius 3 is 1.87 bits per heavy atom. The Balaban J connectivity index is 2.31. The highest BCUT2D eigenvalue weighted by atomic mass is 16.7. The minimum atomic E-state index is -1.20. The number of ether oxygens (including phenoxy) is 4. The highest BCUT2D eigenvalue weighted by molar-refractivity contribution is 5.71. The van der Waals surface area contributed by atoms with Crippen LogP contribution in [0.1, 0.15) is 104 Å². The second kappa shape index (κ2) is 16.8. The predicted molar refractivity (Wildman–Crippen MR) is 138 cm³/mol. The first-order chi connectivity index (χ1) is 18.3. The average molecular weight is 539 g/mol. The maximum absolute atomic E-state index is 12.7. The molecule has 0 saturated carbocycles. The van der Waals surface area contributed by atoms with Crippen molar-refractivity contribution in [2.45, 2.75) is 122 Å². The van der Waals surface area contributed by atoms with E-state index >= 15 is 0 Å². The van der Waals surface area contributed by atoms with Crippen molar-refractivity contribution in [3.05, 3.63) is 33.1 Å². The summed E-state index contributed by atoms with van der Waals surface area (Å²) in [6.07, 6.45) is 4.57. The first kappa shape index (κ1) is 31.3. The van der Waals surface area contributed by atoms with Crippen molar-refractivity contribution in [2.24, 2.45) is 0 Å². The summed E-state index contributed by atoms with van der Waals surface area (Å²) in [4.78, 5) is 64.0. The zero-order valence-corrected chi connectivity index (χ0v) is 22.8. The maximum Gasteiger partial charge on any atom is 0.330 e. The summed E-state index contributed by atoms with van der Waals surface area (Å²) in [6, 6.07) is 1.14. The van der Waals surface area contributed by atoms with E-state index in [2.05, 4.69) is 4.98 Å². The molecule has 0 unspecified atom stereocenters. The van der Waals surface area contributed by atoms with Crippen LogP contribution in [-0.4, -0.2) is 52.4 Å². The molecule has 0 aliphatic carbocycles. The van der Waals surface area contributed by atoms with Gasteiger partial charge in [0.05, 0.1) is 0 Å². The summed E-state index contributed by atoms with van der Waals surface area (Å²) in [5, 5.41) is 0. The van der Waals surface area contributed by atoms with Gasteiger partial charge in [-0.05, 0) is 19.3 Å². The Morgan fingerprint density at radius 1 is 0.816 bits per heavy atom. The van der Waals surface area contributed by atoms with Gasteiger partial charge in [-0.3, -0.25) is 28.7 Å². The smallest absolute Gasteiger partial charge is 0.330 e. The molecule has 1 aliphatic heterocycles. The number of aromatic amines is 1. The number of nitrogens with one attached hydrogen (secondary N) is 1. The highest BCUT2D eigenvalue weighted by Gasteiger charge is 2.51. The molecular formula is C27H42N2O9. The molecule has 11 nitrogen and oxygen atoms in total. The number of hydrogen-bond acceptors (Lipinski definition) is 9. The molecule has 1 fully saturated rings. The van der Waals surface area contributed by atoms with Crippen LogP contribution in [0.15, 0.2) is 21.9 Å². The van der Waals surface area contributed by atoms with E-state index in [1.807, 2.05) is 20.8 Å². The number of rotatable bonds is 17. The largest absolute Gasteiger partial charge is 0.463 e. The summed E-state index contributed by atoms with van der Waals surface area (Å²) < 4.78 is 24.0. The predicted octanol–water partition coefficient (Wildman–Crippen LogP) is 3.54. The monoisotopic (exact) mass is 538 g/mol. The molecule has 0 spiro atoms. The van der Waals surface area contributed by atoms with Gasteiger partial charge >= 0.3 is 23.6 Å². The second-order valence-electron chi connectivity index (χ2n) is 9.55. The van der Waals surface area contributed by atoms with Gasteiger partial charge in [0, 0.05) is 31.5 Å². The number of H-pyrrole nitrogens is 1. The van der Waals surface area contributed by atoms with Gasteiger partial charge in [-0.15, -0.1) is 0 Å². The Morgan fingerprint density at radius 2 is 1.34 bits per heavy atom. The van der Waals surface area contributed by atoms with E-state index in [1.54, 1.807) is 0 Å². The van der Waals surface area contributed by atoms with E-state index in [0.717, 1.165) is 49.2 Å². The van der Waals surface area contributed by atoms with Crippen LogP contribution in [0.4, 0.5) is 0 Å². The number of hydrogen-bond donors (Lipinski definition) is 1. The minimum Gasteiger partial charge on any atom is -0.463 e. The lowest BCUT2D eigenvalue weighted by molar-refractivity contribution is -0.169. The Hall–Kier alpha value is -2.95. The number of esters is 3. The molecule has 0 amide bonds.